The van der Waals surface area contributed by atoms with Gasteiger partial charge in [-0.2, -0.15) is 0 Å². The number of rotatable bonds is 20. The van der Waals surface area contributed by atoms with Gasteiger partial charge in [0, 0.05) is 17.8 Å². The number of allylic oxidation sites excluding steroid dienone is 7. The number of hydrogen-bond donors (Lipinski definition) is 1. The van der Waals surface area contributed by atoms with Crippen LogP contribution in [0.2, 0.25) is 0 Å². The van der Waals surface area contributed by atoms with Crippen molar-refractivity contribution in [3.05, 3.63) is 179 Å². The molecule has 0 unspecified atom stereocenters. The van der Waals surface area contributed by atoms with E-state index in [2.05, 4.69) is 23.3 Å². The molecule has 7 rings (SSSR count). The van der Waals surface area contributed by atoms with E-state index in [9.17, 15) is 9.90 Å². The molecule has 0 aliphatic heterocycles. The fourth-order valence-electron chi connectivity index (χ4n) is 7.06. The first-order valence-corrected chi connectivity index (χ1v) is 20.8. The molecule has 0 saturated heterocycles. The van der Waals surface area contributed by atoms with E-state index in [0.717, 1.165) is 45.9 Å². The summed E-state index contributed by atoms with van der Waals surface area (Å²) in [5.41, 5.74) is 6.14. The molecule has 5 aromatic rings. The number of aliphatic hydroxyl groups is 1. The van der Waals surface area contributed by atoms with Crippen molar-refractivity contribution in [2.45, 2.75) is 13.8 Å². The van der Waals surface area contributed by atoms with Gasteiger partial charge in [0.25, 0.3) is 0 Å². The number of carbonyl (C=O) groups is 1. The average molecular weight is 834 g/mol. The van der Waals surface area contributed by atoms with Gasteiger partial charge in [0.05, 0.1) is 38.5 Å². The van der Waals surface area contributed by atoms with Crippen LogP contribution >= 0.6 is 0 Å². The van der Waals surface area contributed by atoms with Crippen LogP contribution in [0.4, 0.5) is 5.69 Å². The lowest BCUT2D eigenvalue weighted by Crippen LogP contribution is -2.32. The molecule has 10 heteroatoms. The number of benzene rings is 5. The molecule has 0 atom stereocenters. The summed E-state index contributed by atoms with van der Waals surface area (Å²) in [6, 6.07) is 38.7. The molecule has 2 aliphatic rings. The number of aliphatic hydroxyl groups excluding tert-OH is 1. The topological polar surface area (TPSA) is 98.9 Å². The van der Waals surface area contributed by atoms with Gasteiger partial charge in [-0.15, -0.1) is 0 Å². The van der Waals surface area contributed by atoms with E-state index in [0.29, 0.717) is 74.9 Å². The van der Waals surface area contributed by atoms with Crippen LogP contribution in [0.3, 0.4) is 0 Å². The van der Waals surface area contributed by atoms with E-state index in [-0.39, 0.29) is 11.5 Å². The number of aryl methyl sites for hydroxylation is 2. The van der Waals surface area contributed by atoms with Crippen molar-refractivity contribution in [3.63, 3.8) is 0 Å². The normalized spacial score (nSPS) is 13.2. The van der Waals surface area contributed by atoms with E-state index >= 15 is 0 Å². The predicted molar refractivity (Wildman–Crippen MR) is 244 cm³/mol. The molecule has 0 heterocycles. The SMILES string of the molecule is COc1ccc(OCC[N+](CCOc2ccc(OC)cc2)=C2C=CC(=C3C(=O)C(c4ccc(N(CCOc5ccc(C)cc5)CCOc5ccc(C)cc5)cc4)=C3O)C=C2)cc1. The molecule has 0 fully saturated rings. The lowest BCUT2D eigenvalue weighted by Gasteiger charge is -2.26. The van der Waals surface area contributed by atoms with Crippen LogP contribution in [-0.4, -0.2) is 88.0 Å². The molecule has 2 aliphatic carbocycles. The van der Waals surface area contributed by atoms with Gasteiger partial charge in [-0.05, 0) is 122 Å². The van der Waals surface area contributed by atoms with Crippen molar-refractivity contribution >= 4 is 22.8 Å². The molecule has 0 radical (unpaired) electrons. The van der Waals surface area contributed by atoms with Crippen molar-refractivity contribution in [2.75, 3.05) is 71.7 Å². The van der Waals surface area contributed by atoms with Crippen LogP contribution in [0.15, 0.2) is 163 Å². The zero-order valence-electron chi connectivity index (χ0n) is 35.7. The van der Waals surface area contributed by atoms with Gasteiger partial charge in [-0.25, -0.2) is 4.58 Å². The quantitative estimate of drug-likeness (QED) is 0.0608. The molecule has 10 nitrogen and oxygen atoms in total. The Kier molecular flexibility index (Phi) is 14.4. The zero-order valence-corrected chi connectivity index (χ0v) is 35.7. The summed E-state index contributed by atoms with van der Waals surface area (Å²) < 4.78 is 37.0. The van der Waals surface area contributed by atoms with Crippen molar-refractivity contribution in [1.29, 1.82) is 0 Å². The largest absolute Gasteiger partial charge is 0.506 e. The lowest BCUT2D eigenvalue weighted by atomic mass is 9.80. The van der Waals surface area contributed by atoms with Gasteiger partial charge >= 0.3 is 0 Å². The molecule has 318 valence electrons. The second-order valence-corrected chi connectivity index (χ2v) is 14.9. The van der Waals surface area contributed by atoms with E-state index < -0.39 is 0 Å². The fraction of sp³-hybridized carbons (Fsp3) is 0.231. The Bertz CT molecular complexity index is 2320. The first-order chi connectivity index (χ1) is 30.3. The van der Waals surface area contributed by atoms with Gasteiger partial charge in [0.15, 0.2) is 18.8 Å². The van der Waals surface area contributed by atoms with E-state index in [1.807, 2.05) is 146 Å². The molecule has 0 bridgehead atoms. The van der Waals surface area contributed by atoms with E-state index in [1.54, 1.807) is 14.2 Å². The monoisotopic (exact) mass is 833 g/mol. The van der Waals surface area contributed by atoms with Crippen molar-refractivity contribution in [1.82, 2.24) is 0 Å². The molecular weight excluding hydrogens is 781 g/mol. The molecule has 1 N–H and O–H groups in total. The minimum atomic E-state index is -0.199. The minimum Gasteiger partial charge on any atom is -0.506 e. The Hall–Kier alpha value is -7.20. The standard InChI is InChI=1S/C52H52N2O8/c1-37-5-17-45(18-6-37)59-33-29-53(30-34-60-46-19-7-38(2)8-20-46)41-13-9-39(10-14-41)49-51(55)50(52(49)56)40-11-15-42(16-12-40)54(31-35-61-47-25-21-43(57-3)22-26-47)32-36-62-48-27-23-44(58-4)24-28-48/h5-28H,29-36H2,1-4H3/p+1. The maximum absolute atomic E-state index is 13.7. The first kappa shape index (κ1) is 42.9. The van der Waals surface area contributed by atoms with Gasteiger partial charge < -0.3 is 38.4 Å². The van der Waals surface area contributed by atoms with Gasteiger partial charge in [-0.3, -0.25) is 4.79 Å². The maximum atomic E-state index is 13.7. The van der Waals surface area contributed by atoms with E-state index in [1.165, 1.54) is 11.1 Å². The third-order valence-electron chi connectivity index (χ3n) is 10.7. The number of ketones is 1. The Morgan fingerprint density at radius 3 is 1.32 bits per heavy atom. The predicted octanol–water partition coefficient (Wildman–Crippen LogP) is 9.17. The third-order valence-corrected chi connectivity index (χ3v) is 10.7. The summed E-state index contributed by atoms with van der Waals surface area (Å²) in [7, 11) is 3.27. The summed E-state index contributed by atoms with van der Waals surface area (Å²) in [6.07, 6.45) is 7.65. The average Bonchev–Trinajstić information content (AvgIpc) is 3.30. The van der Waals surface area contributed by atoms with E-state index in [4.69, 9.17) is 28.4 Å². The second-order valence-electron chi connectivity index (χ2n) is 14.9. The first-order valence-electron chi connectivity index (χ1n) is 20.8. The Morgan fingerprint density at radius 2 is 0.903 bits per heavy atom. The molecule has 0 spiro atoms. The van der Waals surface area contributed by atoms with Crippen LogP contribution in [0, 0.1) is 13.8 Å². The number of carbonyl (C=O) groups excluding carboxylic acids is 1. The highest BCUT2D eigenvalue weighted by Gasteiger charge is 2.36. The fourth-order valence-corrected chi connectivity index (χ4v) is 7.06. The van der Waals surface area contributed by atoms with Crippen LogP contribution < -0.4 is 33.3 Å². The molecule has 0 aromatic heterocycles. The van der Waals surface area contributed by atoms with Crippen molar-refractivity contribution < 1.29 is 42.9 Å². The highest BCUT2D eigenvalue weighted by molar-refractivity contribution is 6.39. The Labute approximate surface area is 363 Å². The van der Waals surface area contributed by atoms with Crippen molar-refractivity contribution in [2.24, 2.45) is 0 Å². The van der Waals surface area contributed by atoms with Gasteiger partial charge in [0.2, 0.25) is 5.78 Å². The van der Waals surface area contributed by atoms with Crippen LogP contribution in [0.1, 0.15) is 16.7 Å². The molecule has 62 heavy (non-hydrogen) atoms. The number of nitrogens with zero attached hydrogens (tertiary/aromatic N) is 2. The Morgan fingerprint density at radius 1 is 0.500 bits per heavy atom. The highest BCUT2D eigenvalue weighted by atomic mass is 16.5. The number of methoxy groups -OCH3 is 2. The van der Waals surface area contributed by atoms with Crippen LogP contribution in [0.5, 0.6) is 34.5 Å². The summed E-state index contributed by atoms with van der Waals surface area (Å²) in [6.45, 7) is 8.31. The number of Topliss-reactive ketones (excluding diaryl/α,β-unsaturated/α-hetero) is 1. The molecule has 0 saturated carbocycles. The zero-order chi connectivity index (χ0) is 43.3. The molecule has 0 amide bonds. The third kappa shape index (κ3) is 11.1. The lowest BCUT2D eigenvalue weighted by molar-refractivity contribution is -0.529. The smallest absolute Gasteiger partial charge is 0.201 e. The Balaban J connectivity index is 1.03. The van der Waals surface area contributed by atoms with Crippen molar-refractivity contribution in [3.8, 4) is 34.5 Å². The molecule has 5 aromatic carbocycles. The van der Waals surface area contributed by atoms with Gasteiger partial charge in [0.1, 0.15) is 66.7 Å². The van der Waals surface area contributed by atoms with Crippen LogP contribution in [0.25, 0.3) is 5.57 Å². The summed E-state index contributed by atoms with van der Waals surface area (Å²) >= 11 is 0. The number of anilines is 1. The summed E-state index contributed by atoms with van der Waals surface area (Å²) in [4.78, 5) is 15.9. The molecular formula is C52H53N2O8+. The summed E-state index contributed by atoms with van der Waals surface area (Å²) in [5, 5.41) is 11.3. The second kappa shape index (κ2) is 20.9. The van der Waals surface area contributed by atoms with Gasteiger partial charge in [-0.1, -0.05) is 47.5 Å². The highest BCUT2D eigenvalue weighted by Crippen LogP contribution is 2.39. The minimum absolute atomic E-state index is 0.0111. The summed E-state index contributed by atoms with van der Waals surface area (Å²) in [5.74, 6) is 4.43. The maximum Gasteiger partial charge on any atom is 0.201 e. The number of ether oxygens (including phenoxy) is 6. The van der Waals surface area contributed by atoms with Crippen LogP contribution in [-0.2, 0) is 4.79 Å². The number of hydrogen-bond acceptors (Lipinski definition) is 9.